The van der Waals surface area contributed by atoms with Crippen molar-refractivity contribution >= 4 is 33.4 Å². The van der Waals surface area contributed by atoms with E-state index < -0.39 is 21.9 Å². The molecule has 1 N–H and O–H groups in total. The van der Waals surface area contributed by atoms with Crippen molar-refractivity contribution in [3.63, 3.8) is 0 Å². The summed E-state index contributed by atoms with van der Waals surface area (Å²) in [6, 6.07) is 4.28. The highest BCUT2D eigenvalue weighted by Gasteiger charge is 2.31. The van der Waals surface area contributed by atoms with Crippen molar-refractivity contribution in [1.82, 2.24) is 5.32 Å². The second-order valence-electron chi connectivity index (χ2n) is 6.53. The number of rotatable bonds is 9. The zero-order chi connectivity index (χ0) is 19.2. The van der Waals surface area contributed by atoms with Gasteiger partial charge in [-0.1, -0.05) is 19.8 Å². The second-order valence-corrected chi connectivity index (χ2v) is 9.80. The molecule has 8 heteroatoms. The Balaban J connectivity index is 2.01. The van der Waals surface area contributed by atoms with Gasteiger partial charge < -0.3 is 5.32 Å². The van der Waals surface area contributed by atoms with Gasteiger partial charge >= 0.3 is 0 Å². The number of hydrogen-bond donors (Lipinski definition) is 1. The first-order valence-electron chi connectivity index (χ1n) is 8.97. The molecule has 1 atom stereocenters. The quantitative estimate of drug-likeness (QED) is 0.645. The number of sulfonamides is 1. The van der Waals surface area contributed by atoms with Crippen LogP contribution in [0.3, 0.4) is 0 Å². The number of halogens is 1. The van der Waals surface area contributed by atoms with Crippen LogP contribution in [0.5, 0.6) is 0 Å². The summed E-state index contributed by atoms with van der Waals surface area (Å²) in [6.45, 7) is 2.27. The molecule has 2 rings (SSSR count). The molecule has 0 radical (unpaired) electrons. The molecular formula is C18H27FN2O3S2. The van der Waals surface area contributed by atoms with Gasteiger partial charge in [-0.15, -0.1) is 0 Å². The van der Waals surface area contributed by atoms with Gasteiger partial charge in [-0.3, -0.25) is 9.10 Å². The van der Waals surface area contributed by atoms with E-state index >= 15 is 0 Å². The molecule has 1 amide bonds. The summed E-state index contributed by atoms with van der Waals surface area (Å²) >= 11 is 1.87. The molecule has 1 saturated carbocycles. The van der Waals surface area contributed by atoms with Crippen LogP contribution in [0.1, 0.15) is 39.0 Å². The van der Waals surface area contributed by atoms with Crippen molar-refractivity contribution in [3.05, 3.63) is 30.1 Å². The lowest BCUT2D eigenvalue weighted by Gasteiger charge is -2.30. The number of nitrogens with zero attached hydrogens (tertiary/aromatic N) is 1. The number of hydrogen-bond acceptors (Lipinski definition) is 4. The molecule has 0 aromatic heterocycles. The third-order valence-electron chi connectivity index (χ3n) is 4.47. The molecule has 0 saturated heterocycles. The van der Waals surface area contributed by atoms with Crippen LogP contribution in [0.2, 0.25) is 0 Å². The van der Waals surface area contributed by atoms with Crippen molar-refractivity contribution < 1.29 is 17.6 Å². The fourth-order valence-electron chi connectivity index (χ4n) is 3.22. The first kappa shape index (κ1) is 21.0. The zero-order valence-corrected chi connectivity index (χ0v) is 16.9. The maximum absolute atomic E-state index is 13.2. The number of benzene rings is 1. The van der Waals surface area contributed by atoms with E-state index in [2.05, 4.69) is 5.32 Å². The van der Waals surface area contributed by atoms with E-state index in [4.69, 9.17) is 0 Å². The van der Waals surface area contributed by atoms with Crippen LogP contribution in [0, 0.1) is 5.82 Å². The molecule has 0 unspecified atom stereocenters. The predicted molar refractivity (Wildman–Crippen MR) is 106 cm³/mol. The Morgan fingerprint density at radius 1 is 1.31 bits per heavy atom. The van der Waals surface area contributed by atoms with Crippen LogP contribution < -0.4 is 9.62 Å². The Hall–Kier alpha value is -1.28. The lowest BCUT2D eigenvalue weighted by molar-refractivity contribution is -0.122. The lowest BCUT2D eigenvalue weighted by atomic mass is 10.2. The smallest absolute Gasteiger partial charge is 0.243 e. The van der Waals surface area contributed by atoms with Crippen molar-refractivity contribution in [2.45, 2.75) is 50.3 Å². The predicted octanol–water partition coefficient (Wildman–Crippen LogP) is 3.16. The summed E-state index contributed by atoms with van der Waals surface area (Å²) < 4.78 is 38.8. The molecule has 5 nitrogen and oxygen atoms in total. The highest BCUT2D eigenvalue weighted by atomic mass is 32.2. The van der Waals surface area contributed by atoms with Crippen LogP contribution in [-0.4, -0.2) is 44.2 Å². The van der Waals surface area contributed by atoms with E-state index in [0.717, 1.165) is 16.3 Å². The number of nitrogens with one attached hydrogen (secondary N) is 1. The van der Waals surface area contributed by atoms with Crippen LogP contribution in [0.4, 0.5) is 10.1 Å². The Labute approximate surface area is 159 Å². The largest absolute Gasteiger partial charge is 0.353 e. The van der Waals surface area contributed by atoms with E-state index in [-0.39, 0.29) is 11.6 Å². The Kier molecular flexibility index (Phi) is 7.76. The van der Waals surface area contributed by atoms with Crippen LogP contribution >= 0.6 is 11.8 Å². The topological polar surface area (TPSA) is 66.5 Å². The molecule has 26 heavy (non-hydrogen) atoms. The van der Waals surface area contributed by atoms with Crippen molar-refractivity contribution in [3.8, 4) is 0 Å². The van der Waals surface area contributed by atoms with Gasteiger partial charge in [-0.25, -0.2) is 12.8 Å². The molecule has 146 valence electrons. The summed E-state index contributed by atoms with van der Waals surface area (Å²) in [5, 5.41) is 3.53. The summed E-state index contributed by atoms with van der Waals surface area (Å²) in [4.78, 5) is 12.6. The molecule has 0 heterocycles. The fraction of sp³-hybridized carbons (Fsp3) is 0.611. The molecule has 1 aliphatic rings. The molecule has 1 aromatic carbocycles. The fourth-order valence-corrected chi connectivity index (χ4v) is 5.65. The summed E-state index contributed by atoms with van der Waals surface area (Å²) in [5.41, 5.74) is 0.288. The van der Waals surface area contributed by atoms with Gasteiger partial charge in [0, 0.05) is 17.5 Å². The van der Waals surface area contributed by atoms with E-state index in [1.54, 1.807) is 6.92 Å². The van der Waals surface area contributed by atoms with Gasteiger partial charge in [0.2, 0.25) is 15.9 Å². The monoisotopic (exact) mass is 402 g/mol. The average Bonchev–Trinajstić information content (AvgIpc) is 3.10. The minimum atomic E-state index is -3.69. The highest BCUT2D eigenvalue weighted by Crippen LogP contribution is 2.29. The van der Waals surface area contributed by atoms with Gasteiger partial charge in [0.15, 0.2) is 0 Å². The number of amides is 1. The molecule has 0 spiro atoms. The number of carbonyl (C=O) groups excluding carboxylic acids is 1. The molecule has 0 aliphatic heterocycles. The lowest BCUT2D eigenvalue weighted by Crippen LogP contribution is -2.49. The summed E-state index contributed by atoms with van der Waals surface area (Å²) in [7, 11) is -3.69. The third kappa shape index (κ3) is 5.87. The minimum absolute atomic E-state index is 0.288. The highest BCUT2D eigenvalue weighted by molar-refractivity contribution is 7.99. The number of thioether (sulfide) groups is 1. The number of carbonyl (C=O) groups is 1. The van der Waals surface area contributed by atoms with Gasteiger partial charge in [0.25, 0.3) is 0 Å². The zero-order valence-electron chi connectivity index (χ0n) is 15.3. The second kappa shape index (κ2) is 9.60. The first-order chi connectivity index (χ1) is 12.3. The van der Waals surface area contributed by atoms with E-state index in [0.29, 0.717) is 18.2 Å². The Morgan fingerprint density at radius 2 is 1.92 bits per heavy atom. The van der Waals surface area contributed by atoms with Crippen molar-refractivity contribution in [2.24, 2.45) is 0 Å². The average molecular weight is 403 g/mol. The third-order valence-corrected chi connectivity index (χ3v) is 7.03. The van der Waals surface area contributed by atoms with Gasteiger partial charge in [0.05, 0.1) is 11.9 Å². The van der Waals surface area contributed by atoms with Crippen molar-refractivity contribution in [2.75, 3.05) is 22.9 Å². The minimum Gasteiger partial charge on any atom is -0.353 e. The molecular weight excluding hydrogens is 375 g/mol. The van der Waals surface area contributed by atoms with Gasteiger partial charge in [0.1, 0.15) is 11.9 Å². The van der Waals surface area contributed by atoms with E-state index in [1.165, 1.54) is 49.9 Å². The standard InChI is InChI=1S/C18H27FN2O3S2/c1-3-17(18(22)20-12-13-25-16-6-4-5-7-16)21(26(2,23)24)15-10-8-14(19)9-11-15/h8-11,16-17H,3-7,12-13H2,1-2H3,(H,20,22)/t17-/m1/s1. The van der Waals surface area contributed by atoms with Crippen LogP contribution in [0.25, 0.3) is 0 Å². The SMILES string of the molecule is CC[C@H](C(=O)NCCSC1CCCC1)N(c1ccc(F)cc1)S(C)(=O)=O. The first-order valence-corrected chi connectivity index (χ1v) is 11.9. The van der Waals surface area contributed by atoms with Gasteiger partial charge in [-0.2, -0.15) is 11.8 Å². The summed E-state index contributed by atoms with van der Waals surface area (Å²) in [5.74, 6) is 0.0420. The molecule has 1 fully saturated rings. The van der Waals surface area contributed by atoms with E-state index in [9.17, 15) is 17.6 Å². The molecule has 1 aromatic rings. The van der Waals surface area contributed by atoms with Crippen LogP contribution in [-0.2, 0) is 14.8 Å². The maximum atomic E-state index is 13.2. The van der Waals surface area contributed by atoms with E-state index in [1.807, 2.05) is 11.8 Å². The molecule has 1 aliphatic carbocycles. The number of anilines is 1. The Morgan fingerprint density at radius 3 is 2.46 bits per heavy atom. The van der Waals surface area contributed by atoms with Gasteiger partial charge in [-0.05, 0) is 43.5 Å². The molecule has 0 bridgehead atoms. The summed E-state index contributed by atoms with van der Waals surface area (Å²) in [6.07, 6.45) is 6.42. The Bertz CT molecular complexity index is 689. The van der Waals surface area contributed by atoms with Crippen molar-refractivity contribution in [1.29, 1.82) is 0 Å². The normalized spacial score (nSPS) is 16.4. The van der Waals surface area contributed by atoms with Crippen LogP contribution in [0.15, 0.2) is 24.3 Å². The maximum Gasteiger partial charge on any atom is 0.243 e.